The van der Waals surface area contributed by atoms with E-state index < -0.39 is 0 Å². The fourth-order valence-electron chi connectivity index (χ4n) is 5.86. The van der Waals surface area contributed by atoms with Gasteiger partial charge in [-0.1, -0.05) is 0 Å². The molecule has 10 heteroatoms. The average Bonchev–Trinajstić information content (AvgIpc) is 3.58. The third-order valence-corrected chi connectivity index (χ3v) is 8.66. The Labute approximate surface area is 208 Å². The molecule has 9 nitrogen and oxygen atoms in total. The van der Waals surface area contributed by atoms with Crippen LogP contribution in [0.5, 0.6) is 5.75 Å². The van der Waals surface area contributed by atoms with Gasteiger partial charge in [0.25, 0.3) is 0 Å². The number of amides is 1. The van der Waals surface area contributed by atoms with Crippen molar-refractivity contribution in [1.82, 2.24) is 14.9 Å². The molecule has 35 heavy (non-hydrogen) atoms. The van der Waals surface area contributed by atoms with Gasteiger partial charge in [-0.3, -0.25) is 9.69 Å². The predicted molar refractivity (Wildman–Crippen MR) is 133 cm³/mol. The summed E-state index contributed by atoms with van der Waals surface area (Å²) in [5, 5.41) is 4.28. The minimum absolute atomic E-state index is 0.131. The van der Waals surface area contributed by atoms with E-state index in [4.69, 9.17) is 24.6 Å². The molecular weight excluding hydrogens is 466 g/mol. The van der Waals surface area contributed by atoms with Crippen LogP contribution in [0.4, 0.5) is 11.6 Å². The van der Waals surface area contributed by atoms with Crippen molar-refractivity contribution in [2.45, 2.75) is 63.0 Å². The molecule has 3 aromatic rings. The van der Waals surface area contributed by atoms with Crippen LogP contribution in [0.2, 0.25) is 0 Å². The summed E-state index contributed by atoms with van der Waals surface area (Å²) in [5.74, 6) is 1.99. The number of nitrogens with zero attached hydrogens (tertiary/aromatic N) is 3. The van der Waals surface area contributed by atoms with Gasteiger partial charge in [-0.25, -0.2) is 4.98 Å². The highest BCUT2D eigenvalue weighted by atomic mass is 32.1. The number of rotatable bonds is 7. The Bertz CT molecular complexity index is 1180. The molecule has 3 aromatic heterocycles. The van der Waals surface area contributed by atoms with Crippen LogP contribution in [0.25, 0.3) is 10.2 Å². The number of hydrogen-bond donors (Lipinski definition) is 2. The Hall–Kier alpha value is -2.69. The van der Waals surface area contributed by atoms with Gasteiger partial charge in [-0.15, -0.1) is 11.3 Å². The molecule has 1 atom stereocenters. The van der Waals surface area contributed by atoms with E-state index in [-0.39, 0.29) is 17.9 Å². The van der Waals surface area contributed by atoms with Gasteiger partial charge in [0, 0.05) is 36.5 Å². The maximum atomic E-state index is 11.8. The fraction of sp³-hybridized carbons (Fsp3) is 0.560. The second-order valence-electron chi connectivity index (χ2n) is 9.73. The summed E-state index contributed by atoms with van der Waals surface area (Å²) in [7, 11) is 0. The van der Waals surface area contributed by atoms with Crippen molar-refractivity contribution in [2.24, 2.45) is 5.73 Å². The zero-order valence-electron chi connectivity index (χ0n) is 19.7. The zero-order chi connectivity index (χ0) is 23.8. The molecule has 186 valence electrons. The Morgan fingerprint density at radius 2 is 2.03 bits per heavy atom. The highest BCUT2D eigenvalue weighted by Gasteiger charge is 2.33. The number of anilines is 2. The minimum atomic E-state index is -0.261. The van der Waals surface area contributed by atoms with Crippen LogP contribution in [-0.4, -0.2) is 59.2 Å². The molecule has 2 fully saturated rings. The Kier molecular flexibility index (Phi) is 6.34. The monoisotopic (exact) mass is 497 g/mol. The van der Waals surface area contributed by atoms with Crippen molar-refractivity contribution in [2.75, 3.05) is 31.6 Å². The Balaban J connectivity index is 1.28. The fourth-order valence-corrected chi connectivity index (χ4v) is 7.15. The first kappa shape index (κ1) is 22.8. The standard InChI is InChI=1S/C25H31N5O4S/c26-20(31)11-15-1-6-19-23(15)24-18(12-21(29-25(24)35-19)28-22-13-33-14-27-22)34-17-4-2-16(3-5-17)30-7-9-32-10-8-30/h12-17H,1-11H2,(H2,26,31)(H,28,29)/t15-,16?,17?/m1/s1. The smallest absolute Gasteiger partial charge is 0.218 e. The van der Waals surface area contributed by atoms with Crippen LogP contribution in [0, 0.1) is 0 Å². The van der Waals surface area contributed by atoms with E-state index in [1.165, 1.54) is 16.8 Å². The Morgan fingerprint density at radius 3 is 2.77 bits per heavy atom. The number of hydrogen-bond acceptors (Lipinski definition) is 9. The quantitative estimate of drug-likeness (QED) is 0.504. The molecule has 4 heterocycles. The maximum absolute atomic E-state index is 11.8. The second kappa shape index (κ2) is 9.75. The minimum Gasteiger partial charge on any atom is -0.490 e. The van der Waals surface area contributed by atoms with Gasteiger partial charge >= 0.3 is 0 Å². The van der Waals surface area contributed by atoms with E-state index >= 15 is 0 Å². The van der Waals surface area contributed by atoms with Crippen molar-refractivity contribution < 1.29 is 18.7 Å². The van der Waals surface area contributed by atoms with Gasteiger partial charge in [0.15, 0.2) is 12.2 Å². The molecule has 0 bridgehead atoms. The van der Waals surface area contributed by atoms with E-state index in [2.05, 4.69) is 15.2 Å². The first-order valence-corrected chi connectivity index (χ1v) is 13.3. The molecule has 6 rings (SSSR count). The number of ether oxygens (including phenoxy) is 2. The molecule has 1 saturated heterocycles. The van der Waals surface area contributed by atoms with Gasteiger partial charge in [0.1, 0.15) is 22.7 Å². The van der Waals surface area contributed by atoms with Crippen LogP contribution in [0.15, 0.2) is 23.1 Å². The molecule has 1 amide bonds. The number of aryl methyl sites for hydroxylation is 1. The highest BCUT2D eigenvalue weighted by Crippen LogP contribution is 2.49. The van der Waals surface area contributed by atoms with E-state index in [0.29, 0.717) is 24.1 Å². The number of nitrogens with two attached hydrogens (primary N) is 1. The molecule has 2 aliphatic carbocycles. The van der Waals surface area contributed by atoms with E-state index in [1.807, 2.05) is 6.07 Å². The van der Waals surface area contributed by atoms with Crippen molar-refractivity contribution >= 4 is 39.1 Å². The van der Waals surface area contributed by atoms with E-state index in [1.54, 1.807) is 17.6 Å². The highest BCUT2D eigenvalue weighted by molar-refractivity contribution is 7.19. The number of aromatic nitrogens is 2. The molecule has 1 saturated carbocycles. The zero-order valence-corrected chi connectivity index (χ0v) is 20.5. The van der Waals surface area contributed by atoms with Crippen molar-refractivity contribution in [3.8, 4) is 5.75 Å². The molecule has 1 aliphatic heterocycles. The summed E-state index contributed by atoms with van der Waals surface area (Å²) in [5.41, 5.74) is 6.79. The van der Waals surface area contributed by atoms with Gasteiger partial charge in [0.05, 0.1) is 24.7 Å². The molecule has 3 N–H and O–H groups in total. The number of morpholine rings is 1. The van der Waals surface area contributed by atoms with E-state index in [9.17, 15) is 4.79 Å². The lowest BCUT2D eigenvalue weighted by Crippen LogP contribution is -2.46. The summed E-state index contributed by atoms with van der Waals surface area (Å²) in [6, 6.07) is 2.59. The molecular formula is C25H31N5O4S. The molecule has 0 radical (unpaired) electrons. The van der Waals surface area contributed by atoms with Crippen LogP contribution >= 0.6 is 11.3 Å². The van der Waals surface area contributed by atoms with Crippen LogP contribution in [0.1, 0.15) is 54.9 Å². The number of thiophene rings is 1. The maximum Gasteiger partial charge on any atom is 0.218 e. The number of oxazole rings is 1. The number of primary amides is 1. The number of carbonyl (C=O) groups is 1. The topological polar surface area (TPSA) is 116 Å². The number of nitrogens with one attached hydrogen (secondary N) is 1. The van der Waals surface area contributed by atoms with Crippen LogP contribution < -0.4 is 15.8 Å². The third-order valence-electron chi connectivity index (χ3n) is 7.50. The Morgan fingerprint density at radius 1 is 1.20 bits per heavy atom. The lowest BCUT2D eigenvalue weighted by Gasteiger charge is -2.38. The summed E-state index contributed by atoms with van der Waals surface area (Å²) < 4.78 is 17.4. The number of fused-ring (bicyclic) bond motifs is 3. The van der Waals surface area contributed by atoms with Crippen molar-refractivity contribution in [3.63, 3.8) is 0 Å². The largest absolute Gasteiger partial charge is 0.490 e. The summed E-state index contributed by atoms with van der Waals surface area (Å²) in [6.45, 7) is 3.73. The van der Waals surface area contributed by atoms with Crippen molar-refractivity contribution in [3.05, 3.63) is 29.2 Å². The number of pyridine rings is 1. The summed E-state index contributed by atoms with van der Waals surface area (Å²) in [6.07, 6.45) is 9.67. The average molecular weight is 498 g/mol. The lowest BCUT2D eigenvalue weighted by atomic mass is 9.91. The first-order chi connectivity index (χ1) is 17.1. The van der Waals surface area contributed by atoms with Gasteiger partial charge in [-0.2, -0.15) is 4.98 Å². The number of carbonyl (C=O) groups excluding carboxylic acids is 1. The molecule has 3 aliphatic rings. The van der Waals surface area contributed by atoms with E-state index in [0.717, 1.165) is 80.8 Å². The molecule has 0 unspecified atom stereocenters. The summed E-state index contributed by atoms with van der Waals surface area (Å²) in [4.78, 5) is 25.6. The second-order valence-corrected chi connectivity index (χ2v) is 10.8. The molecule has 0 aromatic carbocycles. The van der Waals surface area contributed by atoms with Gasteiger partial charge < -0.3 is 24.9 Å². The summed E-state index contributed by atoms with van der Waals surface area (Å²) >= 11 is 1.69. The van der Waals surface area contributed by atoms with Crippen LogP contribution in [0.3, 0.4) is 0 Å². The predicted octanol–water partition coefficient (Wildman–Crippen LogP) is 3.96. The van der Waals surface area contributed by atoms with Crippen molar-refractivity contribution in [1.29, 1.82) is 0 Å². The molecule has 0 spiro atoms. The third kappa shape index (κ3) is 4.74. The lowest BCUT2D eigenvalue weighted by molar-refractivity contribution is -0.118. The SMILES string of the molecule is NC(=O)C[C@H]1CCc2sc3nc(Nc4cocn4)cc(OC4CCC(N5CCOCC5)CC4)c3c21. The van der Waals surface area contributed by atoms with Crippen LogP contribution in [-0.2, 0) is 16.0 Å². The first-order valence-electron chi connectivity index (χ1n) is 12.5. The van der Waals surface area contributed by atoms with Gasteiger partial charge in [0.2, 0.25) is 5.91 Å². The van der Waals surface area contributed by atoms with Gasteiger partial charge in [-0.05, 0) is 50.0 Å². The normalized spacial score (nSPS) is 25.0.